The molecule has 2 atom stereocenters. The smallest absolute Gasteiger partial charge is 0.0447 e. The van der Waals surface area contributed by atoms with Crippen LogP contribution in [0.4, 0.5) is 0 Å². The highest BCUT2D eigenvalue weighted by Crippen LogP contribution is 2.19. The molecule has 3 nitrogen and oxygen atoms in total. The Morgan fingerprint density at radius 3 is 2.24 bits per heavy atom. The van der Waals surface area contributed by atoms with Crippen LogP contribution in [0, 0.1) is 13.8 Å². The molecule has 0 radical (unpaired) electrons. The van der Waals surface area contributed by atoms with Gasteiger partial charge in [0, 0.05) is 25.2 Å². The van der Waals surface area contributed by atoms with Crippen molar-refractivity contribution in [3.63, 3.8) is 0 Å². The van der Waals surface area contributed by atoms with Gasteiger partial charge < -0.3 is 10.2 Å². The maximum atomic E-state index is 3.48. The number of nitrogens with one attached hydrogen (secondary N) is 1. The van der Waals surface area contributed by atoms with Gasteiger partial charge in [0.25, 0.3) is 0 Å². The van der Waals surface area contributed by atoms with Gasteiger partial charge in [0.15, 0.2) is 0 Å². The van der Waals surface area contributed by atoms with Crippen molar-refractivity contribution in [2.75, 3.05) is 40.8 Å². The molecule has 0 amide bonds. The molecular formula is C18H33N3. The zero-order valence-electron chi connectivity index (χ0n) is 14.9. The van der Waals surface area contributed by atoms with E-state index >= 15 is 0 Å². The fourth-order valence-corrected chi connectivity index (χ4v) is 2.84. The van der Waals surface area contributed by atoms with Gasteiger partial charge in [-0.25, -0.2) is 0 Å². The van der Waals surface area contributed by atoms with Gasteiger partial charge in [-0.3, -0.25) is 4.90 Å². The monoisotopic (exact) mass is 291 g/mol. The predicted molar refractivity (Wildman–Crippen MR) is 93.0 cm³/mol. The van der Waals surface area contributed by atoms with E-state index in [1.807, 2.05) is 0 Å². The number of hydrogen-bond donors (Lipinski definition) is 1. The highest BCUT2D eigenvalue weighted by atomic mass is 15.2. The summed E-state index contributed by atoms with van der Waals surface area (Å²) in [7, 11) is 6.34. The second-order valence-corrected chi connectivity index (χ2v) is 6.38. The molecule has 3 heteroatoms. The van der Waals surface area contributed by atoms with E-state index in [2.05, 4.69) is 82.2 Å². The van der Waals surface area contributed by atoms with Crippen LogP contribution in [0.1, 0.15) is 36.6 Å². The summed E-state index contributed by atoms with van der Waals surface area (Å²) in [5.41, 5.74) is 4.12. The lowest BCUT2D eigenvalue weighted by atomic mass is 10.0. The van der Waals surface area contributed by atoms with E-state index in [0.717, 1.165) is 19.6 Å². The fourth-order valence-electron chi connectivity index (χ4n) is 2.84. The normalized spacial score (nSPS) is 14.7. The minimum Gasteiger partial charge on any atom is -0.312 e. The SMILES string of the molecule is CCN(CC(NC)c1ccc(C)c(C)c1)C(C)CN(C)C. The largest absolute Gasteiger partial charge is 0.312 e. The minimum absolute atomic E-state index is 0.383. The Labute approximate surface area is 131 Å². The first kappa shape index (κ1) is 18.1. The van der Waals surface area contributed by atoms with E-state index in [1.165, 1.54) is 16.7 Å². The Bertz CT molecular complexity index is 428. The Morgan fingerprint density at radius 2 is 1.76 bits per heavy atom. The first-order chi connectivity index (χ1) is 9.88. The van der Waals surface area contributed by atoms with Crippen molar-refractivity contribution in [3.05, 3.63) is 34.9 Å². The molecule has 2 unspecified atom stereocenters. The fraction of sp³-hybridized carbons (Fsp3) is 0.667. The van der Waals surface area contributed by atoms with E-state index in [-0.39, 0.29) is 0 Å². The molecule has 120 valence electrons. The third-order valence-corrected chi connectivity index (χ3v) is 4.36. The third kappa shape index (κ3) is 5.42. The highest BCUT2D eigenvalue weighted by molar-refractivity contribution is 5.31. The van der Waals surface area contributed by atoms with Crippen LogP contribution in [-0.4, -0.2) is 56.6 Å². The number of likely N-dealkylation sites (N-methyl/N-ethyl adjacent to an activating group) is 3. The molecule has 0 fully saturated rings. The van der Waals surface area contributed by atoms with Gasteiger partial charge in [-0.05, 0) is 65.1 Å². The molecule has 0 spiro atoms. The molecule has 0 aliphatic carbocycles. The summed E-state index contributed by atoms with van der Waals surface area (Å²) in [6, 6.07) is 7.75. The molecule has 0 saturated heterocycles. The van der Waals surface area contributed by atoms with E-state index in [9.17, 15) is 0 Å². The lowest BCUT2D eigenvalue weighted by Crippen LogP contribution is -2.43. The summed E-state index contributed by atoms with van der Waals surface area (Å²) in [5.74, 6) is 0. The molecule has 0 aliphatic heterocycles. The average molecular weight is 291 g/mol. The Balaban J connectivity index is 2.81. The molecule has 21 heavy (non-hydrogen) atoms. The van der Waals surface area contributed by atoms with Crippen molar-refractivity contribution < 1.29 is 0 Å². The van der Waals surface area contributed by atoms with E-state index < -0.39 is 0 Å². The molecule has 0 bridgehead atoms. The van der Waals surface area contributed by atoms with Gasteiger partial charge in [-0.2, -0.15) is 0 Å². The zero-order chi connectivity index (χ0) is 16.0. The van der Waals surface area contributed by atoms with Gasteiger partial charge in [-0.15, -0.1) is 0 Å². The van der Waals surface area contributed by atoms with Gasteiger partial charge >= 0.3 is 0 Å². The molecule has 1 N–H and O–H groups in total. The summed E-state index contributed by atoms with van der Waals surface area (Å²) in [4.78, 5) is 4.81. The predicted octanol–water partition coefficient (Wildman–Crippen LogP) is 2.84. The number of rotatable bonds is 8. The lowest BCUT2D eigenvalue weighted by molar-refractivity contribution is 0.166. The van der Waals surface area contributed by atoms with E-state index in [4.69, 9.17) is 0 Å². The second-order valence-electron chi connectivity index (χ2n) is 6.38. The number of aryl methyl sites for hydroxylation is 2. The lowest BCUT2D eigenvalue weighted by Gasteiger charge is -2.33. The van der Waals surface area contributed by atoms with Crippen LogP contribution < -0.4 is 5.32 Å². The summed E-state index contributed by atoms with van der Waals surface area (Å²) in [6.07, 6.45) is 0. The summed E-state index contributed by atoms with van der Waals surface area (Å²) < 4.78 is 0. The van der Waals surface area contributed by atoms with Crippen molar-refractivity contribution in [2.24, 2.45) is 0 Å². The average Bonchev–Trinajstić information content (AvgIpc) is 2.42. The quantitative estimate of drug-likeness (QED) is 0.794. The van der Waals surface area contributed by atoms with Crippen molar-refractivity contribution in [2.45, 2.75) is 39.8 Å². The van der Waals surface area contributed by atoms with Crippen LogP contribution in [0.2, 0.25) is 0 Å². The molecule has 1 aromatic rings. The zero-order valence-corrected chi connectivity index (χ0v) is 14.9. The van der Waals surface area contributed by atoms with Crippen LogP contribution in [0.5, 0.6) is 0 Å². The molecule has 1 rings (SSSR count). The molecule has 0 saturated carbocycles. The minimum atomic E-state index is 0.383. The first-order valence-electron chi connectivity index (χ1n) is 8.02. The van der Waals surface area contributed by atoms with Crippen LogP contribution >= 0.6 is 0 Å². The molecule has 1 aromatic carbocycles. The van der Waals surface area contributed by atoms with Crippen molar-refractivity contribution >= 4 is 0 Å². The van der Waals surface area contributed by atoms with Crippen molar-refractivity contribution in [1.82, 2.24) is 15.1 Å². The topological polar surface area (TPSA) is 18.5 Å². The van der Waals surface area contributed by atoms with Crippen LogP contribution in [0.25, 0.3) is 0 Å². The van der Waals surface area contributed by atoms with Crippen molar-refractivity contribution in [3.8, 4) is 0 Å². The summed E-state index contributed by atoms with van der Waals surface area (Å²) in [6.45, 7) is 12.2. The van der Waals surface area contributed by atoms with Crippen LogP contribution in [0.15, 0.2) is 18.2 Å². The van der Waals surface area contributed by atoms with Gasteiger partial charge in [0.2, 0.25) is 0 Å². The second kappa shape index (κ2) is 8.52. The van der Waals surface area contributed by atoms with Gasteiger partial charge in [-0.1, -0.05) is 25.1 Å². The maximum Gasteiger partial charge on any atom is 0.0447 e. The first-order valence-corrected chi connectivity index (χ1v) is 8.02. The maximum absolute atomic E-state index is 3.48. The Hall–Kier alpha value is -0.900. The number of hydrogen-bond acceptors (Lipinski definition) is 3. The molecular weight excluding hydrogens is 258 g/mol. The third-order valence-electron chi connectivity index (χ3n) is 4.36. The number of nitrogens with zero attached hydrogens (tertiary/aromatic N) is 2. The highest BCUT2D eigenvalue weighted by Gasteiger charge is 2.18. The molecule has 0 aliphatic rings. The summed E-state index contributed by atoms with van der Waals surface area (Å²) in [5, 5.41) is 3.48. The Kier molecular flexibility index (Phi) is 7.36. The number of benzene rings is 1. The standard InChI is InChI=1S/C18H33N3/c1-8-21(16(4)12-20(6)7)13-18(19-5)17-10-9-14(2)15(3)11-17/h9-11,16,18-19H,8,12-13H2,1-7H3. The van der Waals surface area contributed by atoms with E-state index in [1.54, 1.807) is 0 Å². The van der Waals surface area contributed by atoms with Gasteiger partial charge in [0.05, 0.1) is 0 Å². The molecule has 0 heterocycles. The van der Waals surface area contributed by atoms with Gasteiger partial charge in [0.1, 0.15) is 0 Å². The van der Waals surface area contributed by atoms with Crippen LogP contribution in [0.3, 0.4) is 0 Å². The molecule has 0 aromatic heterocycles. The van der Waals surface area contributed by atoms with Crippen molar-refractivity contribution in [1.29, 1.82) is 0 Å². The summed E-state index contributed by atoms with van der Waals surface area (Å²) >= 11 is 0. The Morgan fingerprint density at radius 1 is 1.10 bits per heavy atom. The van der Waals surface area contributed by atoms with Crippen LogP contribution in [-0.2, 0) is 0 Å². The van der Waals surface area contributed by atoms with E-state index in [0.29, 0.717) is 12.1 Å².